The average molecular weight is 433 g/mol. The summed E-state index contributed by atoms with van der Waals surface area (Å²) in [6, 6.07) is 10.1. The molecule has 3 rings (SSSR count). The lowest BCUT2D eigenvalue weighted by Gasteiger charge is -2.34. The van der Waals surface area contributed by atoms with Crippen LogP contribution in [0.1, 0.15) is 35.1 Å². The molecular weight excluding hydrogens is 403 g/mol. The van der Waals surface area contributed by atoms with E-state index in [1.807, 2.05) is 32.9 Å². The number of rotatable bonds is 5. The van der Waals surface area contributed by atoms with E-state index in [2.05, 4.69) is 0 Å². The van der Waals surface area contributed by atoms with Gasteiger partial charge in [-0.25, -0.2) is 12.8 Å². The van der Waals surface area contributed by atoms with Crippen molar-refractivity contribution in [1.82, 2.24) is 9.21 Å². The molecule has 1 fully saturated rings. The summed E-state index contributed by atoms with van der Waals surface area (Å²) in [6.45, 7) is 6.26. The Balaban J connectivity index is 1.78. The van der Waals surface area contributed by atoms with Crippen LogP contribution in [0.4, 0.5) is 4.39 Å². The Morgan fingerprint density at radius 1 is 1.17 bits per heavy atom. The normalized spacial score (nSPS) is 17.7. The summed E-state index contributed by atoms with van der Waals surface area (Å²) in [5, 5.41) is 0. The van der Waals surface area contributed by atoms with Crippen molar-refractivity contribution in [2.24, 2.45) is 5.92 Å². The summed E-state index contributed by atoms with van der Waals surface area (Å²) >= 11 is 0. The zero-order valence-corrected chi connectivity index (χ0v) is 18.8. The van der Waals surface area contributed by atoms with Crippen LogP contribution in [0.3, 0.4) is 0 Å². The van der Waals surface area contributed by atoms with Gasteiger partial charge in [-0.3, -0.25) is 4.79 Å². The summed E-state index contributed by atoms with van der Waals surface area (Å²) in [4.78, 5) is 14.8. The Hall–Kier alpha value is -2.25. The van der Waals surface area contributed by atoms with E-state index >= 15 is 0 Å². The third kappa shape index (κ3) is 4.57. The van der Waals surface area contributed by atoms with Gasteiger partial charge in [0.05, 0.1) is 10.8 Å². The molecule has 1 aliphatic rings. The predicted molar refractivity (Wildman–Crippen MR) is 115 cm³/mol. The summed E-state index contributed by atoms with van der Waals surface area (Å²) in [7, 11) is -2.06. The van der Waals surface area contributed by atoms with Gasteiger partial charge in [-0.05, 0) is 50.8 Å². The minimum atomic E-state index is -3.70. The van der Waals surface area contributed by atoms with Crippen molar-refractivity contribution in [1.29, 1.82) is 0 Å². The summed E-state index contributed by atoms with van der Waals surface area (Å²) < 4.78 is 42.1. The topological polar surface area (TPSA) is 57.7 Å². The van der Waals surface area contributed by atoms with Gasteiger partial charge in [0.1, 0.15) is 5.82 Å². The zero-order valence-electron chi connectivity index (χ0n) is 18.0. The molecular formula is C23H29FN2O3S. The molecule has 0 radical (unpaired) electrons. The van der Waals surface area contributed by atoms with Crippen molar-refractivity contribution in [2.75, 3.05) is 20.1 Å². The third-order valence-corrected chi connectivity index (χ3v) is 7.85. The van der Waals surface area contributed by atoms with Crippen LogP contribution in [0.25, 0.3) is 0 Å². The molecule has 2 aromatic rings. The molecule has 0 aliphatic carbocycles. The van der Waals surface area contributed by atoms with Crippen LogP contribution in [0.15, 0.2) is 41.3 Å². The molecule has 2 aromatic carbocycles. The molecule has 0 N–H and O–H groups in total. The smallest absolute Gasteiger partial charge is 0.243 e. The molecule has 30 heavy (non-hydrogen) atoms. The second kappa shape index (κ2) is 8.86. The van der Waals surface area contributed by atoms with E-state index in [4.69, 9.17) is 0 Å². The van der Waals surface area contributed by atoms with Crippen molar-refractivity contribution >= 4 is 15.9 Å². The van der Waals surface area contributed by atoms with Crippen LogP contribution < -0.4 is 0 Å². The van der Waals surface area contributed by atoms with Gasteiger partial charge in [0.15, 0.2) is 0 Å². The predicted octanol–water partition coefficient (Wildman–Crippen LogP) is 3.81. The first-order valence-corrected chi connectivity index (χ1v) is 11.6. The molecule has 1 saturated heterocycles. The molecule has 1 amide bonds. The molecule has 1 atom stereocenters. The Morgan fingerprint density at radius 3 is 2.43 bits per heavy atom. The summed E-state index contributed by atoms with van der Waals surface area (Å²) in [5.74, 6) is -0.942. The third-order valence-electron chi connectivity index (χ3n) is 5.68. The Morgan fingerprint density at radius 2 is 1.80 bits per heavy atom. The highest BCUT2D eigenvalue weighted by Gasteiger charge is 2.35. The van der Waals surface area contributed by atoms with E-state index < -0.39 is 15.9 Å². The van der Waals surface area contributed by atoms with Crippen LogP contribution in [0, 0.1) is 32.5 Å². The van der Waals surface area contributed by atoms with Crippen LogP contribution in [0.2, 0.25) is 0 Å². The largest absolute Gasteiger partial charge is 0.341 e. The highest BCUT2D eigenvalue weighted by atomic mass is 32.2. The molecule has 1 unspecified atom stereocenters. The van der Waals surface area contributed by atoms with Crippen molar-refractivity contribution in [3.8, 4) is 0 Å². The zero-order chi connectivity index (χ0) is 22.1. The fourth-order valence-corrected chi connectivity index (χ4v) is 6.27. The average Bonchev–Trinajstić information content (AvgIpc) is 2.68. The van der Waals surface area contributed by atoms with E-state index in [1.165, 1.54) is 15.3 Å². The number of carbonyl (C=O) groups is 1. The van der Waals surface area contributed by atoms with E-state index in [-0.39, 0.29) is 24.8 Å². The SMILES string of the molecule is Cc1cc(C)c(S(=O)(=O)N2CCCC(C(=O)N(C)Cc3ccccc3F)C2)c(C)c1. The van der Waals surface area contributed by atoms with Gasteiger partial charge in [-0.1, -0.05) is 35.9 Å². The highest BCUT2D eigenvalue weighted by Crippen LogP contribution is 2.29. The summed E-state index contributed by atoms with van der Waals surface area (Å²) in [6.07, 6.45) is 1.24. The number of halogens is 1. The lowest BCUT2D eigenvalue weighted by atomic mass is 9.98. The minimum absolute atomic E-state index is 0.148. The molecule has 0 aromatic heterocycles. The van der Waals surface area contributed by atoms with Crippen LogP contribution >= 0.6 is 0 Å². The molecule has 1 aliphatic heterocycles. The minimum Gasteiger partial charge on any atom is -0.341 e. The van der Waals surface area contributed by atoms with Gasteiger partial charge >= 0.3 is 0 Å². The number of sulfonamides is 1. The van der Waals surface area contributed by atoms with Crippen LogP contribution in [-0.2, 0) is 21.4 Å². The molecule has 0 spiro atoms. The molecule has 0 saturated carbocycles. The van der Waals surface area contributed by atoms with Crippen LogP contribution in [0.5, 0.6) is 0 Å². The second-order valence-electron chi connectivity index (χ2n) is 8.22. The van der Waals surface area contributed by atoms with Crippen LogP contribution in [-0.4, -0.2) is 43.7 Å². The Kier molecular flexibility index (Phi) is 6.62. The van der Waals surface area contributed by atoms with Gasteiger partial charge in [-0.15, -0.1) is 0 Å². The maximum Gasteiger partial charge on any atom is 0.243 e. The number of aryl methyl sites for hydroxylation is 3. The Bertz CT molecular complexity index is 1030. The van der Waals surface area contributed by atoms with Crippen molar-refractivity contribution in [2.45, 2.75) is 45.1 Å². The Labute approximate surface area is 178 Å². The number of carbonyl (C=O) groups excluding carboxylic acids is 1. The monoisotopic (exact) mass is 432 g/mol. The van der Waals surface area contributed by atoms with Gasteiger partial charge < -0.3 is 4.90 Å². The van der Waals surface area contributed by atoms with E-state index in [9.17, 15) is 17.6 Å². The van der Waals surface area contributed by atoms with E-state index in [0.29, 0.717) is 29.8 Å². The number of amides is 1. The maximum atomic E-state index is 13.9. The van der Waals surface area contributed by atoms with Crippen molar-refractivity contribution in [3.05, 3.63) is 64.5 Å². The standard InChI is InChI=1S/C23H29FN2O3S/c1-16-12-17(2)22(18(3)13-16)30(28,29)26-11-7-9-20(15-26)23(27)25(4)14-19-8-5-6-10-21(19)24/h5-6,8,10,12-13,20H,7,9,11,14-15H2,1-4H3. The molecule has 162 valence electrons. The summed E-state index contributed by atoms with van der Waals surface area (Å²) in [5.41, 5.74) is 2.90. The first kappa shape index (κ1) is 22.4. The van der Waals surface area contributed by atoms with E-state index in [1.54, 1.807) is 25.2 Å². The number of benzene rings is 2. The first-order valence-electron chi connectivity index (χ1n) is 10.2. The fraction of sp³-hybridized carbons (Fsp3) is 0.435. The van der Waals surface area contributed by atoms with Gasteiger partial charge in [0, 0.05) is 32.2 Å². The van der Waals surface area contributed by atoms with E-state index in [0.717, 1.165) is 16.7 Å². The molecule has 5 nitrogen and oxygen atoms in total. The highest BCUT2D eigenvalue weighted by molar-refractivity contribution is 7.89. The molecule has 0 bridgehead atoms. The fourth-order valence-electron chi connectivity index (χ4n) is 4.34. The quantitative estimate of drug-likeness (QED) is 0.722. The lowest BCUT2D eigenvalue weighted by Crippen LogP contribution is -2.46. The lowest BCUT2D eigenvalue weighted by molar-refractivity contribution is -0.135. The molecule has 1 heterocycles. The number of piperidine rings is 1. The van der Waals surface area contributed by atoms with Gasteiger partial charge in [0.2, 0.25) is 15.9 Å². The molecule has 7 heteroatoms. The van der Waals surface area contributed by atoms with Gasteiger partial charge in [-0.2, -0.15) is 4.31 Å². The first-order chi connectivity index (χ1) is 14.1. The van der Waals surface area contributed by atoms with Crippen molar-refractivity contribution < 1.29 is 17.6 Å². The van der Waals surface area contributed by atoms with Gasteiger partial charge in [0.25, 0.3) is 0 Å². The number of nitrogens with zero attached hydrogens (tertiary/aromatic N) is 2. The number of hydrogen-bond donors (Lipinski definition) is 0. The maximum absolute atomic E-state index is 13.9. The number of hydrogen-bond acceptors (Lipinski definition) is 3. The second-order valence-corrected chi connectivity index (χ2v) is 10.1. The van der Waals surface area contributed by atoms with Crippen molar-refractivity contribution in [3.63, 3.8) is 0 Å².